The van der Waals surface area contributed by atoms with Crippen LogP contribution in [0.1, 0.15) is 39.0 Å². The van der Waals surface area contributed by atoms with Crippen molar-refractivity contribution in [2.24, 2.45) is 0 Å². The van der Waals surface area contributed by atoms with Crippen LogP contribution in [0.5, 0.6) is 0 Å². The monoisotopic (exact) mass is 168 g/mol. The lowest BCUT2D eigenvalue weighted by Crippen LogP contribution is -1.98. The van der Waals surface area contributed by atoms with Gasteiger partial charge in [-0.1, -0.05) is 38.0 Å². The number of hydrogen-bond donors (Lipinski definition) is 1. The molecule has 0 bridgehead atoms. The topological polar surface area (TPSA) is 20.2 Å². The first-order valence-corrected chi connectivity index (χ1v) is 4.76. The Morgan fingerprint density at radius 2 is 2.17 bits per heavy atom. The van der Waals surface area contributed by atoms with Gasteiger partial charge in [0.2, 0.25) is 0 Å². The van der Waals surface area contributed by atoms with Gasteiger partial charge in [-0.15, -0.1) is 6.58 Å². The van der Waals surface area contributed by atoms with E-state index in [9.17, 15) is 5.11 Å². The molecule has 0 rings (SSSR count). The Kier molecular flexibility index (Phi) is 8.14. The van der Waals surface area contributed by atoms with Crippen LogP contribution in [0.2, 0.25) is 0 Å². The number of rotatable bonds is 7. The highest BCUT2D eigenvalue weighted by molar-refractivity contribution is 4.91. The molecule has 0 spiro atoms. The molecule has 0 saturated carbocycles. The molecule has 0 aromatic carbocycles. The highest BCUT2D eigenvalue weighted by atomic mass is 16.3. The second kappa shape index (κ2) is 8.54. The Morgan fingerprint density at radius 3 is 2.75 bits per heavy atom. The van der Waals surface area contributed by atoms with Gasteiger partial charge in [0.15, 0.2) is 0 Å². The van der Waals surface area contributed by atoms with Crippen LogP contribution < -0.4 is 0 Å². The van der Waals surface area contributed by atoms with E-state index in [0.717, 1.165) is 6.42 Å². The number of unbranched alkanes of at least 4 members (excludes halogenated alkanes) is 3. The molecule has 0 aromatic rings. The molecule has 0 aromatic heterocycles. The SMILES string of the molecule is C=CC[C@@H](O)/C=C\CCCCC. The Labute approximate surface area is 75.8 Å². The summed E-state index contributed by atoms with van der Waals surface area (Å²) in [5.74, 6) is 0. The van der Waals surface area contributed by atoms with Crippen molar-refractivity contribution in [3.63, 3.8) is 0 Å². The Balaban J connectivity index is 3.28. The van der Waals surface area contributed by atoms with Gasteiger partial charge in [-0.3, -0.25) is 0 Å². The van der Waals surface area contributed by atoms with Gasteiger partial charge in [-0.05, 0) is 19.3 Å². The Morgan fingerprint density at radius 1 is 1.42 bits per heavy atom. The van der Waals surface area contributed by atoms with E-state index in [0.29, 0.717) is 6.42 Å². The molecule has 1 heteroatoms. The minimum atomic E-state index is -0.330. The molecule has 0 unspecified atom stereocenters. The minimum Gasteiger partial charge on any atom is -0.389 e. The number of aliphatic hydroxyl groups excluding tert-OH is 1. The van der Waals surface area contributed by atoms with Crippen LogP contribution in [0.15, 0.2) is 24.8 Å². The number of hydrogen-bond acceptors (Lipinski definition) is 1. The van der Waals surface area contributed by atoms with Gasteiger partial charge in [0.05, 0.1) is 6.10 Å². The molecule has 0 saturated heterocycles. The van der Waals surface area contributed by atoms with Gasteiger partial charge in [-0.25, -0.2) is 0 Å². The average Bonchev–Trinajstić information content (AvgIpc) is 2.05. The van der Waals surface area contributed by atoms with Gasteiger partial charge in [-0.2, -0.15) is 0 Å². The van der Waals surface area contributed by atoms with E-state index in [1.54, 1.807) is 6.08 Å². The normalized spacial score (nSPS) is 13.5. The summed E-state index contributed by atoms with van der Waals surface area (Å²) >= 11 is 0. The second-order valence-electron chi connectivity index (χ2n) is 3.02. The maximum absolute atomic E-state index is 9.25. The fourth-order valence-corrected chi connectivity index (χ4v) is 1.01. The fourth-order valence-electron chi connectivity index (χ4n) is 1.01. The van der Waals surface area contributed by atoms with Crippen LogP contribution in [0.4, 0.5) is 0 Å². The van der Waals surface area contributed by atoms with Crippen molar-refractivity contribution in [1.29, 1.82) is 0 Å². The summed E-state index contributed by atoms with van der Waals surface area (Å²) in [6.07, 6.45) is 10.8. The molecule has 0 aliphatic heterocycles. The fraction of sp³-hybridized carbons (Fsp3) is 0.636. The van der Waals surface area contributed by atoms with Crippen molar-refractivity contribution in [1.82, 2.24) is 0 Å². The first-order valence-electron chi connectivity index (χ1n) is 4.76. The Bertz CT molecular complexity index is 127. The summed E-state index contributed by atoms with van der Waals surface area (Å²) in [6, 6.07) is 0. The third-order valence-electron chi connectivity index (χ3n) is 1.74. The molecule has 0 heterocycles. The molecule has 1 atom stereocenters. The predicted octanol–water partition coefficient (Wildman–Crippen LogP) is 3.06. The lowest BCUT2D eigenvalue weighted by Gasteiger charge is -1.99. The second-order valence-corrected chi connectivity index (χ2v) is 3.02. The van der Waals surface area contributed by atoms with Gasteiger partial charge in [0.1, 0.15) is 0 Å². The van der Waals surface area contributed by atoms with Crippen molar-refractivity contribution >= 4 is 0 Å². The van der Waals surface area contributed by atoms with Crippen molar-refractivity contribution in [2.45, 2.75) is 45.1 Å². The molecule has 70 valence electrons. The average molecular weight is 168 g/mol. The van der Waals surface area contributed by atoms with E-state index in [1.807, 2.05) is 6.08 Å². The van der Waals surface area contributed by atoms with Crippen LogP contribution in [0.3, 0.4) is 0 Å². The zero-order valence-corrected chi connectivity index (χ0v) is 8.00. The maximum Gasteiger partial charge on any atom is 0.0755 e. The third kappa shape index (κ3) is 7.55. The van der Waals surface area contributed by atoms with E-state index in [-0.39, 0.29) is 6.10 Å². The standard InChI is InChI=1S/C11H20O/c1-3-5-6-7-8-10-11(12)9-4-2/h4,8,10-12H,2-3,5-7,9H2,1H3/b10-8-/t11-/m1/s1. The lowest BCUT2D eigenvalue weighted by atomic mass is 10.1. The molecule has 0 aliphatic carbocycles. The largest absolute Gasteiger partial charge is 0.389 e. The summed E-state index contributed by atoms with van der Waals surface area (Å²) in [5.41, 5.74) is 0. The minimum absolute atomic E-state index is 0.330. The van der Waals surface area contributed by atoms with Crippen molar-refractivity contribution in [3.05, 3.63) is 24.8 Å². The molecule has 0 fully saturated rings. The highest BCUT2D eigenvalue weighted by Crippen LogP contribution is 2.01. The van der Waals surface area contributed by atoms with E-state index in [4.69, 9.17) is 0 Å². The van der Waals surface area contributed by atoms with Crippen LogP contribution in [-0.4, -0.2) is 11.2 Å². The molecule has 12 heavy (non-hydrogen) atoms. The van der Waals surface area contributed by atoms with Gasteiger partial charge in [0, 0.05) is 0 Å². The van der Waals surface area contributed by atoms with E-state index < -0.39 is 0 Å². The lowest BCUT2D eigenvalue weighted by molar-refractivity contribution is 0.226. The van der Waals surface area contributed by atoms with Crippen LogP contribution >= 0.6 is 0 Å². The summed E-state index contributed by atoms with van der Waals surface area (Å²) in [6.45, 7) is 5.76. The molecular weight excluding hydrogens is 148 g/mol. The summed E-state index contributed by atoms with van der Waals surface area (Å²) in [4.78, 5) is 0. The maximum atomic E-state index is 9.25. The molecule has 0 amide bonds. The first-order chi connectivity index (χ1) is 5.81. The molecular formula is C11H20O. The summed E-state index contributed by atoms with van der Waals surface area (Å²) in [5, 5.41) is 9.25. The van der Waals surface area contributed by atoms with E-state index in [1.165, 1.54) is 19.3 Å². The summed E-state index contributed by atoms with van der Waals surface area (Å²) in [7, 11) is 0. The van der Waals surface area contributed by atoms with Crippen molar-refractivity contribution in [2.75, 3.05) is 0 Å². The van der Waals surface area contributed by atoms with Crippen LogP contribution in [-0.2, 0) is 0 Å². The van der Waals surface area contributed by atoms with Crippen molar-refractivity contribution < 1.29 is 5.11 Å². The smallest absolute Gasteiger partial charge is 0.0755 e. The van der Waals surface area contributed by atoms with Crippen LogP contribution in [0.25, 0.3) is 0 Å². The Hall–Kier alpha value is -0.560. The van der Waals surface area contributed by atoms with E-state index >= 15 is 0 Å². The molecule has 0 radical (unpaired) electrons. The molecule has 1 nitrogen and oxygen atoms in total. The van der Waals surface area contributed by atoms with E-state index in [2.05, 4.69) is 19.6 Å². The van der Waals surface area contributed by atoms with Gasteiger partial charge < -0.3 is 5.11 Å². The molecule has 1 N–H and O–H groups in total. The first kappa shape index (κ1) is 11.4. The van der Waals surface area contributed by atoms with Crippen molar-refractivity contribution in [3.8, 4) is 0 Å². The highest BCUT2D eigenvalue weighted by Gasteiger charge is 1.92. The third-order valence-corrected chi connectivity index (χ3v) is 1.74. The van der Waals surface area contributed by atoms with Gasteiger partial charge in [0.25, 0.3) is 0 Å². The predicted molar refractivity (Wildman–Crippen MR) is 54.1 cm³/mol. The summed E-state index contributed by atoms with van der Waals surface area (Å²) < 4.78 is 0. The van der Waals surface area contributed by atoms with Gasteiger partial charge >= 0.3 is 0 Å². The quantitative estimate of drug-likeness (QED) is 0.457. The number of allylic oxidation sites excluding steroid dienone is 1. The zero-order valence-electron chi connectivity index (χ0n) is 8.00. The molecule has 0 aliphatic rings. The number of aliphatic hydroxyl groups is 1. The zero-order chi connectivity index (χ0) is 9.23. The van der Waals surface area contributed by atoms with Crippen LogP contribution in [0, 0.1) is 0 Å².